The van der Waals surface area contributed by atoms with Crippen LogP contribution in [0.25, 0.3) is 0 Å². The molecule has 0 spiro atoms. The average molecular weight is 302 g/mol. The number of hydrogen-bond acceptors (Lipinski definition) is 5. The molecule has 0 aliphatic rings. The molecule has 2 heterocycles. The van der Waals surface area contributed by atoms with Crippen LogP contribution in [-0.4, -0.2) is 15.3 Å². The third-order valence-corrected chi connectivity index (χ3v) is 4.82. The summed E-state index contributed by atoms with van der Waals surface area (Å²) in [7, 11) is 0. The lowest BCUT2D eigenvalue weighted by Gasteiger charge is -2.26. The van der Waals surface area contributed by atoms with Crippen molar-refractivity contribution < 1.29 is 4.79 Å². The molecule has 0 bridgehead atoms. The Balaban J connectivity index is 2.19. The summed E-state index contributed by atoms with van der Waals surface area (Å²) in [6, 6.07) is 1.57. The number of thiazole rings is 1. The molecule has 1 N–H and O–H groups in total. The fraction of sp³-hybridized carbons (Fsp3) is 0.364. The summed E-state index contributed by atoms with van der Waals surface area (Å²) in [6.45, 7) is 3.98. The lowest BCUT2D eigenvalue weighted by atomic mass is 10.00. The monoisotopic (exact) mass is 301 g/mol. The summed E-state index contributed by atoms with van der Waals surface area (Å²) in [6.07, 6.45) is 2.50. The van der Waals surface area contributed by atoms with Gasteiger partial charge in [-0.3, -0.25) is 4.79 Å². The number of amides is 1. The Hall–Kier alpha value is -0.980. The minimum Gasteiger partial charge on any atom is -0.340 e. The maximum atomic E-state index is 12.1. The van der Waals surface area contributed by atoms with E-state index in [-0.39, 0.29) is 5.91 Å². The SMILES string of the molecule is CCC(C)(NC(=O)c1cc(Cl)ns1)c1nccs1. The topological polar surface area (TPSA) is 54.9 Å². The predicted octanol–water partition coefficient (Wildman–Crippen LogP) is 3.31. The van der Waals surface area contributed by atoms with Gasteiger partial charge in [-0.2, -0.15) is 4.37 Å². The summed E-state index contributed by atoms with van der Waals surface area (Å²) < 4.78 is 3.89. The van der Waals surface area contributed by atoms with Crippen LogP contribution >= 0.6 is 34.5 Å². The largest absolute Gasteiger partial charge is 0.340 e. The van der Waals surface area contributed by atoms with Gasteiger partial charge in [0.05, 0.1) is 5.54 Å². The van der Waals surface area contributed by atoms with E-state index in [9.17, 15) is 4.79 Å². The predicted molar refractivity (Wildman–Crippen MR) is 74.3 cm³/mol. The molecule has 7 heteroatoms. The number of nitrogens with zero attached hydrogens (tertiary/aromatic N) is 2. The molecule has 0 aliphatic carbocycles. The van der Waals surface area contributed by atoms with Gasteiger partial charge in [-0.25, -0.2) is 4.98 Å². The van der Waals surface area contributed by atoms with Crippen molar-refractivity contribution in [2.45, 2.75) is 25.8 Å². The highest BCUT2D eigenvalue weighted by Crippen LogP contribution is 2.27. The van der Waals surface area contributed by atoms with Gasteiger partial charge in [0.15, 0.2) is 0 Å². The van der Waals surface area contributed by atoms with Gasteiger partial charge >= 0.3 is 0 Å². The molecule has 2 aromatic rings. The molecular formula is C11H12ClN3OS2. The first kappa shape index (κ1) is 13.5. The molecule has 0 aliphatic heterocycles. The van der Waals surface area contributed by atoms with Crippen LogP contribution in [0, 0.1) is 0 Å². The fourth-order valence-corrected chi connectivity index (χ4v) is 3.10. The van der Waals surface area contributed by atoms with Crippen LogP contribution in [0.4, 0.5) is 0 Å². The maximum absolute atomic E-state index is 12.1. The molecular weight excluding hydrogens is 290 g/mol. The van der Waals surface area contributed by atoms with Gasteiger partial charge < -0.3 is 5.32 Å². The number of nitrogens with one attached hydrogen (secondary N) is 1. The number of aromatic nitrogens is 2. The molecule has 2 aromatic heterocycles. The molecule has 18 heavy (non-hydrogen) atoms. The Bertz CT molecular complexity index is 540. The second-order valence-electron chi connectivity index (χ2n) is 3.99. The fourth-order valence-electron chi connectivity index (χ4n) is 1.46. The van der Waals surface area contributed by atoms with Gasteiger partial charge in [-0.15, -0.1) is 11.3 Å². The lowest BCUT2D eigenvalue weighted by molar-refractivity contribution is 0.0906. The lowest BCUT2D eigenvalue weighted by Crippen LogP contribution is -2.42. The molecule has 0 fully saturated rings. The van der Waals surface area contributed by atoms with E-state index in [1.54, 1.807) is 12.3 Å². The first-order chi connectivity index (χ1) is 8.55. The minimum absolute atomic E-state index is 0.168. The van der Waals surface area contributed by atoms with Gasteiger partial charge in [0.2, 0.25) is 0 Å². The molecule has 96 valence electrons. The van der Waals surface area contributed by atoms with Crippen molar-refractivity contribution in [1.82, 2.24) is 14.7 Å². The third-order valence-electron chi connectivity index (χ3n) is 2.71. The molecule has 0 aromatic carbocycles. The summed E-state index contributed by atoms with van der Waals surface area (Å²) in [5, 5.41) is 6.14. The standard InChI is InChI=1S/C11H12ClN3OS2/c1-3-11(2,10-13-4-5-17-10)14-9(16)7-6-8(12)15-18-7/h4-6H,3H2,1-2H3,(H,14,16). The van der Waals surface area contributed by atoms with Gasteiger partial charge in [0, 0.05) is 17.6 Å². The van der Waals surface area contributed by atoms with E-state index in [2.05, 4.69) is 14.7 Å². The van der Waals surface area contributed by atoms with E-state index in [4.69, 9.17) is 11.6 Å². The van der Waals surface area contributed by atoms with Crippen molar-refractivity contribution in [2.75, 3.05) is 0 Å². The van der Waals surface area contributed by atoms with Crippen LogP contribution in [0.15, 0.2) is 17.6 Å². The van der Waals surface area contributed by atoms with E-state index in [1.165, 1.54) is 11.3 Å². The molecule has 1 amide bonds. The van der Waals surface area contributed by atoms with Crippen molar-refractivity contribution >= 4 is 40.4 Å². The van der Waals surface area contributed by atoms with Crippen LogP contribution in [-0.2, 0) is 5.54 Å². The Labute approximate surface area is 118 Å². The van der Waals surface area contributed by atoms with Crippen LogP contribution in [0.1, 0.15) is 34.9 Å². The van der Waals surface area contributed by atoms with E-state index in [0.29, 0.717) is 10.0 Å². The van der Waals surface area contributed by atoms with Crippen molar-refractivity contribution in [1.29, 1.82) is 0 Å². The number of carbonyl (C=O) groups is 1. The first-order valence-corrected chi connectivity index (χ1v) is 7.43. The summed E-state index contributed by atoms with van der Waals surface area (Å²) in [5.41, 5.74) is -0.457. The zero-order chi connectivity index (χ0) is 13.2. The van der Waals surface area contributed by atoms with Gasteiger partial charge in [-0.1, -0.05) is 18.5 Å². The zero-order valence-electron chi connectivity index (χ0n) is 9.94. The highest BCUT2D eigenvalue weighted by atomic mass is 35.5. The zero-order valence-corrected chi connectivity index (χ0v) is 12.3. The van der Waals surface area contributed by atoms with Crippen molar-refractivity contribution in [3.63, 3.8) is 0 Å². The summed E-state index contributed by atoms with van der Waals surface area (Å²) in [5.74, 6) is -0.168. The molecule has 1 unspecified atom stereocenters. The van der Waals surface area contributed by atoms with E-state index in [1.807, 2.05) is 19.2 Å². The number of halogens is 1. The highest BCUT2D eigenvalue weighted by Gasteiger charge is 2.30. The molecule has 0 radical (unpaired) electrons. The van der Waals surface area contributed by atoms with E-state index >= 15 is 0 Å². The summed E-state index contributed by atoms with van der Waals surface area (Å²) in [4.78, 5) is 16.9. The number of hydrogen-bond donors (Lipinski definition) is 1. The second-order valence-corrected chi connectivity index (χ2v) is 6.08. The van der Waals surface area contributed by atoms with Crippen molar-refractivity contribution in [3.05, 3.63) is 32.7 Å². The Kier molecular flexibility index (Phi) is 3.99. The normalized spacial score (nSPS) is 14.2. The van der Waals surface area contributed by atoms with E-state index in [0.717, 1.165) is 23.0 Å². The molecule has 0 saturated carbocycles. The second kappa shape index (κ2) is 5.34. The summed E-state index contributed by atoms with van der Waals surface area (Å²) >= 11 is 8.35. The highest BCUT2D eigenvalue weighted by molar-refractivity contribution is 7.09. The van der Waals surface area contributed by atoms with E-state index < -0.39 is 5.54 Å². The van der Waals surface area contributed by atoms with Crippen LogP contribution < -0.4 is 5.32 Å². The molecule has 0 saturated heterocycles. The molecule has 1 atom stereocenters. The number of carbonyl (C=O) groups excluding carboxylic acids is 1. The average Bonchev–Trinajstić information content (AvgIpc) is 2.99. The Morgan fingerprint density at radius 2 is 2.39 bits per heavy atom. The van der Waals surface area contributed by atoms with Gasteiger partial charge in [0.25, 0.3) is 5.91 Å². The number of rotatable bonds is 4. The van der Waals surface area contributed by atoms with Crippen LogP contribution in [0.5, 0.6) is 0 Å². The quantitative estimate of drug-likeness (QED) is 0.942. The van der Waals surface area contributed by atoms with Crippen molar-refractivity contribution in [3.8, 4) is 0 Å². The smallest absolute Gasteiger partial charge is 0.263 e. The Morgan fingerprint density at radius 1 is 1.61 bits per heavy atom. The van der Waals surface area contributed by atoms with Crippen molar-refractivity contribution in [2.24, 2.45) is 0 Å². The third kappa shape index (κ3) is 2.71. The van der Waals surface area contributed by atoms with Crippen LogP contribution in [0.2, 0.25) is 5.15 Å². The van der Waals surface area contributed by atoms with Gasteiger partial charge in [-0.05, 0) is 24.9 Å². The maximum Gasteiger partial charge on any atom is 0.263 e. The molecule has 2 rings (SSSR count). The van der Waals surface area contributed by atoms with Crippen LogP contribution in [0.3, 0.4) is 0 Å². The molecule has 4 nitrogen and oxygen atoms in total. The first-order valence-electron chi connectivity index (χ1n) is 5.40. The minimum atomic E-state index is -0.457. The van der Waals surface area contributed by atoms with Gasteiger partial charge in [0.1, 0.15) is 15.0 Å². The Morgan fingerprint density at radius 3 is 2.89 bits per heavy atom.